The molecule has 84 valence electrons. The molecule has 0 aliphatic heterocycles. The Labute approximate surface area is 90.2 Å². The molecule has 0 radical (unpaired) electrons. The zero-order chi connectivity index (χ0) is 11.6. The van der Waals surface area contributed by atoms with Gasteiger partial charge in [0, 0.05) is 14.1 Å². The molecule has 0 amide bonds. The smallest absolute Gasteiger partial charge is 0.242 e. The van der Waals surface area contributed by atoms with E-state index >= 15 is 0 Å². The van der Waals surface area contributed by atoms with Gasteiger partial charge < -0.3 is 5.11 Å². The van der Waals surface area contributed by atoms with Crippen LogP contribution in [-0.4, -0.2) is 31.9 Å². The Balaban J connectivity index is 3.29. The Morgan fingerprint density at radius 1 is 1.33 bits per heavy atom. The molecule has 1 N–H and O–H groups in total. The number of rotatable bonds is 3. The maximum absolute atomic E-state index is 11.8. The van der Waals surface area contributed by atoms with Gasteiger partial charge in [-0.15, -0.1) is 0 Å². The molecular formula is C10H15NO3S. The fraction of sp³-hybridized carbons (Fsp3) is 0.400. The minimum atomic E-state index is -3.38. The number of hydrogen-bond acceptors (Lipinski definition) is 3. The standard InChI is InChI=1S/C10H15NO3S/c1-8-6-9(7-12)4-5-10(8)15(13,14)11(2)3/h4-6,12H,7H2,1-3H3. The molecule has 15 heavy (non-hydrogen) atoms. The van der Waals surface area contributed by atoms with Gasteiger partial charge >= 0.3 is 0 Å². The number of nitrogens with zero attached hydrogens (tertiary/aromatic N) is 1. The lowest BCUT2D eigenvalue weighted by Gasteiger charge is -2.13. The molecule has 0 aliphatic carbocycles. The highest BCUT2D eigenvalue weighted by Gasteiger charge is 2.19. The molecule has 0 saturated carbocycles. The van der Waals surface area contributed by atoms with Gasteiger partial charge in [0.05, 0.1) is 11.5 Å². The molecule has 1 aromatic rings. The molecule has 0 unspecified atom stereocenters. The van der Waals surface area contributed by atoms with Crippen molar-refractivity contribution >= 4 is 10.0 Å². The van der Waals surface area contributed by atoms with Crippen molar-refractivity contribution in [2.45, 2.75) is 18.4 Å². The lowest BCUT2D eigenvalue weighted by molar-refractivity contribution is 0.281. The highest BCUT2D eigenvalue weighted by atomic mass is 32.2. The Morgan fingerprint density at radius 2 is 1.93 bits per heavy atom. The predicted octanol–water partition coefficient (Wildman–Crippen LogP) is 0.738. The van der Waals surface area contributed by atoms with Gasteiger partial charge in [-0.05, 0) is 24.1 Å². The van der Waals surface area contributed by atoms with E-state index in [1.54, 1.807) is 19.1 Å². The van der Waals surface area contributed by atoms with E-state index in [4.69, 9.17) is 5.11 Å². The molecule has 0 aliphatic rings. The van der Waals surface area contributed by atoms with Crippen LogP contribution in [0.5, 0.6) is 0 Å². The molecule has 0 saturated heterocycles. The summed E-state index contributed by atoms with van der Waals surface area (Å²) in [6.45, 7) is 1.64. The second-order valence-corrected chi connectivity index (χ2v) is 5.67. The van der Waals surface area contributed by atoms with Crippen LogP contribution in [0.3, 0.4) is 0 Å². The van der Waals surface area contributed by atoms with Gasteiger partial charge in [0.15, 0.2) is 0 Å². The largest absolute Gasteiger partial charge is 0.392 e. The van der Waals surface area contributed by atoms with Crippen LogP contribution in [0, 0.1) is 6.92 Å². The summed E-state index contributed by atoms with van der Waals surface area (Å²) in [6.07, 6.45) is 0. The molecule has 0 fully saturated rings. The Hall–Kier alpha value is -0.910. The average molecular weight is 229 g/mol. The topological polar surface area (TPSA) is 57.6 Å². The van der Waals surface area contributed by atoms with E-state index in [1.165, 1.54) is 24.5 Å². The van der Waals surface area contributed by atoms with Gasteiger partial charge in [-0.25, -0.2) is 12.7 Å². The van der Waals surface area contributed by atoms with Crippen molar-refractivity contribution in [3.05, 3.63) is 29.3 Å². The van der Waals surface area contributed by atoms with Crippen LogP contribution in [0.1, 0.15) is 11.1 Å². The molecular weight excluding hydrogens is 214 g/mol. The van der Waals surface area contributed by atoms with Crippen LogP contribution in [0.25, 0.3) is 0 Å². The van der Waals surface area contributed by atoms with Gasteiger partial charge in [-0.2, -0.15) is 0 Å². The van der Waals surface area contributed by atoms with Crippen LogP contribution >= 0.6 is 0 Å². The normalized spacial score (nSPS) is 12.1. The second kappa shape index (κ2) is 4.30. The number of sulfonamides is 1. The molecule has 0 bridgehead atoms. The van der Waals surface area contributed by atoms with Crippen molar-refractivity contribution in [2.75, 3.05) is 14.1 Å². The summed E-state index contributed by atoms with van der Waals surface area (Å²) in [5.74, 6) is 0. The third-order valence-electron chi connectivity index (χ3n) is 2.18. The van der Waals surface area contributed by atoms with E-state index in [0.717, 1.165) is 0 Å². The molecule has 1 aromatic carbocycles. The highest BCUT2D eigenvalue weighted by Crippen LogP contribution is 2.19. The van der Waals surface area contributed by atoms with Crippen LogP contribution in [0.4, 0.5) is 0 Å². The first-order valence-corrected chi connectivity index (χ1v) is 5.96. The van der Waals surface area contributed by atoms with E-state index in [2.05, 4.69) is 0 Å². The fourth-order valence-corrected chi connectivity index (χ4v) is 2.40. The van der Waals surface area contributed by atoms with Crippen LogP contribution in [0.15, 0.2) is 23.1 Å². The molecule has 5 heteroatoms. The summed E-state index contributed by atoms with van der Waals surface area (Å²) in [5, 5.41) is 8.91. The minimum absolute atomic E-state index is 0.0802. The van der Waals surface area contributed by atoms with E-state index < -0.39 is 10.0 Å². The third-order valence-corrected chi connectivity index (χ3v) is 4.16. The SMILES string of the molecule is Cc1cc(CO)ccc1S(=O)(=O)N(C)C. The Morgan fingerprint density at radius 3 is 2.33 bits per heavy atom. The number of aliphatic hydroxyl groups is 1. The van der Waals surface area contributed by atoms with Crippen molar-refractivity contribution in [1.29, 1.82) is 0 Å². The van der Waals surface area contributed by atoms with Crippen molar-refractivity contribution in [3.63, 3.8) is 0 Å². The van der Waals surface area contributed by atoms with Gasteiger partial charge in [-0.1, -0.05) is 12.1 Å². The van der Waals surface area contributed by atoms with Crippen LogP contribution < -0.4 is 0 Å². The number of aryl methyl sites for hydroxylation is 1. The lowest BCUT2D eigenvalue weighted by atomic mass is 10.1. The molecule has 4 nitrogen and oxygen atoms in total. The van der Waals surface area contributed by atoms with E-state index in [1.807, 2.05) is 0 Å². The number of benzene rings is 1. The van der Waals surface area contributed by atoms with Crippen molar-refractivity contribution < 1.29 is 13.5 Å². The van der Waals surface area contributed by atoms with Crippen molar-refractivity contribution in [1.82, 2.24) is 4.31 Å². The monoisotopic (exact) mass is 229 g/mol. The third kappa shape index (κ3) is 2.37. The minimum Gasteiger partial charge on any atom is -0.392 e. The average Bonchev–Trinajstić information content (AvgIpc) is 2.16. The fourth-order valence-electron chi connectivity index (χ4n) is 1.30. The summed E-state index contributed by atoms with van der Waals surface area (Å²) in [7, 11) is -0.391. The van der Waals surface area contributed by atoms with Crippen LogP contribution in [-0.2, 0) is 16.6 Å². The molecule has 0 spiro atoms. The number of aliphatic hydroxyl groups excluding tert-OH is 1. The maximum atomic E-state index is 11.8. The van der Waals surface area contributed by atoms with Crippen molar-refractivity contribution in [3.8, 4) is 0 Å². The summed E-state index contributed by atoms with van der Waals surface area (Å²) in [5.41, 5.74) is 1.36. The maximum Gasteiger partial charge on any atom is 0.242 e. The lowest BCUT2D eigenvalue weighted by Crippen LogP contribution is -2.23. The Bertz CT molecular complexity index is 452. The summed E-state index contributed by atoms with van der Waals surface area (Å²) >= 11 is 0. The van der Waals surface area contributed by atoms with Gasteiger partial charge in [0.25, 0.3) is 0 Å². The zero-order valence-electron chi connectivity index (χ0n) is 9.06. The quantitative estimate of drug-likeness (QED) is 0.831. The van der Waals surface area contributed by atoms with Crippen molar-refractivity contribution in [2.24, 2.45) is 0 Å². The highest BCUT2D eigenvalue weighted by molar-refractivity contribution is 7.89. The van der Waals surface area contributed by atoms with E-state index in [9.17, 15) is 8.42 Å². The summed E-state index contributed by atoms with van der Waals surface area (Å²) in [6, 6.07) is 4.82. The zero-order valence-corrected chi connectivity index (χ0v) is 9.87. The van der Waals surface area contributed by atoms with Gasteiger partial charge in [0.1, 0.15) is 0 Å². The number of hydrogen-bond donors (Lipinski definition) is 1. The molecule has 0 heterocycles. The molecule has 0 aromatic heterocycles. The summed E-state index contributed by atoms with van der Waals surface area (Å²) < 4.78 is 24.8. The first kappa shape index (κ1) is 12.2. The first-order chi connectivity index (χ1) is 6.89. The second-order valence-electron chi connectivity index (χ2n) is 3.55. The first-order valence-electron chi connectivity index (χ1n) is 4.52. The van der Waals surface area contributed by atoms with Gasteiger partial charge in [-0.3, -0.25) is 0 Å². The predicted molar refractivity (Wildman–Crippen MR) is 58.0 cm³/mol. The van der Waals surface area contributed by atoms with Crippen LogP contribution in [0.2, 0.25) is 0 Å². The van der Waals surface area contributed by atoms with E-state index in [-0.39, 0.29) is 11.5 Å². The molecule has 0 atom stereocenters. The summed E-state index contributed by atoms with van der Waals surface area (Å²) in [4.78, 5) is 0.282. The van der Waals surface area contributed by atoms with Gasteiger partial charge in [0.2, 0.25) is 10.0 Å². The molecule has 1 rings (SSSR count). The Kier molecular flexibility index (Phi) is 3.49. The van der Waals surface area contributed by atoms with E-state index in [0.29, 0.717) is 11.1 Å².